The third-order valence-electron chi connectivity index (χ3n) is 5.11. The van der Waals surface area contributed by atoms with Crippen LogP contribution < -0.4 is 29.6 Å². The molecule has 0 aliphatic heterocycles. The number of nitrogens with zero attached hydrogens (tertiary/aromatic N) is 1. The Morgan fingerprint density at radius 2 is 1.61 bits per heavy atom. The van der Waals surface area contributed by atoms with E-state index in [1.54, 1.807) is 66.7 Å². The van der Waals surface area contributed by atoms with Crippen LogP contribution in [0.3, 0.4) is 0 Å². The summed E-state index contributed by atoms with van der Waals surface area (Å²) in [6.45, 7) is 4.32. The van der Waals surface area contributed by atoms with E-state index < -0.39 is 5.91 Å². The number of benzene rings is 3. The number of rotatable bonds is 12. The van der Waals surface area contributed by atoms with Gasteiger partial charge < -0.3 is 29.6 Å². The van der Waals surface area contributed by atoms with Gasteiger partial charge in [0.15, 0.2) is 18.1 Å². The first-order valence-electron chi connectivity index (χ1n) is 12.0. The molecule has 196 valence electrons. The fraction of sp³-hybridized carbons (Fsp3) is 0.207. The molecule has 0 fully saturated rings. The standard InChI is InChI=1S/C29H29N3O6/c1-4-36-23-13-11-22(12-14-23)31-29(34)21(18-30)16-20-10-15-26(27(17-20)37-5-2)38-19-28(33)32-24-8-6-7-9-25(24)35-3/h6-17H,4-5,19H2,1-3H3,(H,31,34)(H,32,33)/b21-16+. The Morgan fingerprint density at radius 1 is 0.868 bits per heavy atom. The maximum absolute atomic E-state index is 12.7. The van der Waals surface area contributed by atoms with Gasteiger partial charge in [-0.05, 0) is 74.0 Å². The quantitative estimate of drug-likeness (QED) is 0.256. The van der Waals surface area contributed by atoms with Gasteiger partial charge in [0.25, 0.3) is 11.8 Å². The number of hydrogen-bond donors (Lipinski definition) is 2. The first kappa shape index (κ1) is 27.6. The van der Waals surface area contributed by atoms with Crippen molar-refractivity contribution in [3.63, 3.8) is 0 Å². The predicted molar refractivity (Wildman–Crippen MR) is 145 cm³/mol. The molecule has 38 heavy (non-hydrogen) atoms. The smallest absolute Gasteiger partial charge is 0.266 e. The third-order valence-corrected chi connectivity index (χ3v) is 5.11. The lowest BCUT2D eigenvalue weighted by atomic mass is 10.1. The number of para-hydroxylation sites is 2. The zero-order chi connectivity index (χ0) is 27.3. The van der Waals surface area contributed by atoms with Gasteiger partial charge in [0.2, 0.25) is 0 Å². The second-order valence-electron chi connectivity index (χ2n) is 7.76. The molecule has 9 nitrogen and oxygen atoms in total. The Morgan fingerprint density at radius 3 is 2.29 bits per heavy atom. The molecule has 2 amide bonds. The summed E-state index contributed by atoms with van der Waals surface area (Å²) < 4.78 is 22.0. The van der Waals surface area contributed by atoms with Gasteiger partial charge in [-0.1, -0.05) is 18.2 Å². The van der Waals surface area contributed by atoms with Gasteiger partial charge in [0, 0.05) is 5.69 Å². The van der Waals surface area contributed by atoms with Gasteiger partial charge in [0.05, 0.1) is 26.0 Å². The van der Waals surface area contributed by atoms with E-state index in [1.165, 1.54) is 13.2 Å². The average molecular weight is 516 g/mol. The first-order valence-corrected chi connectivity index (χ1v) is 12.0. The van der Waals surface area contributed by atoms with E-state index in [9.17, 15) is 14.9 Å². The molecule has 2 N–H and O–H groups in total. The maximum atomic E-state index is 12.7. The predicted octanol–water partition coefficient (Wildman–Crippen LogP) is 5.06. The molecule has 0 radical (unpaired) electrons. The van der Waals surface area contributed by atoms with Crippen molar-refractivity contribution in [2.75, 3.05) is 37.6 Å². The van der Waals surface area contributed by atoms with Crippen LogP contribution in [0, 0.1) is 11.3 Å². The first-order chi connectivity index (χ1) is 18.5. The van der Waals surface area contributed by atoms with Crippen molar-refractivity contribution in [3.05, 3.63) is 77.9 Å². The van der Waals surface area contributed by atoms with Crippen molar-refractivity contribution in [2.45, 2.75) is 13.8 Å². The second-order valence-corrected chi connectivity index (χ2v) is 7.76. The number of hydrogen-bond acceptors (Lipinski definition) is 7. The van der Waals surface area contributed by atoms with Gasteiger partial charge in [0.1, 0.15) is 23.1 Å². The number of anilines is 2. The van der Waals surface area contributed by atoms with Crippen LogP contribution >= 0.6 is 0 Å². The van der Waals surface area contributed by atoms with Gasteiger partial charge in [-0.2, -0.15) is 5.26 Å². The Kier molecular flexibility index (Phi) is 10.1. The van der Waals surface area contributed by atoms with Crippen LogP contribution in [-0.4, -0.2) is 38.7 Å². The fourth-order valence-electron chi connectivity index (χ4n) is 3.39. The zero-order valence-electron chi connectivity index (χ0n) is 21.4. The molecule has 0 saturated heterocycles. The van der Waals surface area contributed by atoms with Gasteiger partial charge in [-0.25, -0.2) is 0 Å². The molecule has 3 rings (SSSR count). The molecule has 0 aliphatic carbocycles. The van der Waals surface area contributed by atoms with Crippen molar-refractivity contribution in [3.8, 4) is 29.1 Å². The lowest BCUT2D eigenvalue weighted by molar-refractivity contribution is -0.118. The lowest BCUT2D eigenvalue weighted by Gasteiger charge is -2.14. The minimum absolute atomic E-state index is 0.0915. The second kappa shape index (κ2) is 13.9. The zero-order valence-corrected chi connectivity index (χ0v) is 21.4. The highest BCUT2D eigenvalue weighted by Crippen LogP contribution is 2.30. The molecule has 0 heterocycles. The largest absolute Gasteiger partial charge is 0.495 e. The number of nitrogens with one attached hydrogen (secondary N) is 2. The summed E-state index contributed by atoms with van der Waals surface area (Å²) in [5, 5.41) is 15.0. The molecule has 0 atom stereocenters. The van der Waals surface area contributed by atoms with Gasteiger partial charge >= 0.3 is 0 Å². The van der Waals surface area contributed by atoms with E-state index in [4.69, 9.17) is 18.9 Å². The van der Waals surface area contributed by atoms with Crippen molar-refractivity contribution in [2.24, 2.45) is 0 Å². The van der Waals surface area contributed by atoms with Crippen LogP contribution in [0.25, 0.3) is 6.08 Å². The molecule has 0 saturated carbocycles. The summed E-state index contributed by atoms with van der Waals surface area (Å²) in [4.78, 5) is 25.1. The van der Waals surface area contributed by atoms with Crippen LogP contribution in [-0.2, 0) is 9.59 Å². The number of carbonyl (C=O) groups is 2. The summed E-state index contributed by atoms with van der Waals surface area (Å²) in [6.07, 6.45) is 1.45. The van der Waals surface area contributed by atoms with E-state index in [1.807, 2.05) is 19.9 Å². The molecule has 0 unspecified atom stereocenters. The van der Waals surface area contributed by atoms with Crippen LogP contribution in [0.15, 0.2) is 72.3 Å². The monoisotopic (exact) mass is 515 g/mol. The molecular formula is C29H29N3O6. The summed E-state index contributed by atoms with van der Waals surface area (Å²) in [7, 11) is 1.52. The van der Waals surface area contributed by atoms with E-state index in [0.29, 0.717) is 53.2 Å². The molecule has 0 spiro atoms. The highest BCUT2D eigenvalue weighted by Gasteiger charge is 2.13. The number of amides is 2. The van der Waals surface area contributed by atoms with Gasteiger partial charge in [-0.3, -0.25) is 9.59 Å². The average Bonchev–Trinajstić information content (AvgIpc) is 2.93. The van der Waals surface area contributed by atoms with E-state index in [0.717, 1.165) is 0 Å². The van der Waals surface area contributed by atoms with Crippen LogP contribution in [0.5, 0.6) is 23.0 Å². The molecule has 0 aromatic heterocycles. The third kappa shape index (κ3) is 7.77. The summed E-state index contributed by atoms with van der Waals surface area (Å²) >= 11 is 0. The van der Waals surface area contributed by atoms with Crippen molar-refractivity contribution in [1.82, 2.24) is 0 Å². The maximum Gasteiger partial charge on any atom is 0.266 e. The van der Waals surface area contributed by atoms with E-state index in [-0.39, 0.29) is 18.1 Å². The molecule has 0 aliphatic rings. The highest BCUT2D eigenvalue weighted by molar-refractivity contribution is 6.09. The van der Waals surface area contributed by atoms with Crippen LogP contribution in [0.4, 0.5) is 11.4 Å². The fourth-order valence-corrected chi connectivity index (χ4v) is 3.39. The Bertz CT molecular complexity index is 1330. The Balaban J connectivity index is 1.69. The Labute approximate surface area is 221 Å². The summed E-state index contributed by atoms with van der Waals surface area (Å²) in [6, 6.07) is 20.8. The number of ether oxygens (including phenoxy) is 4. The molecule has 9 heteroatoms. The normalized spacial score (nSPS) is 10.6. The van der Waals surface area contributed by atoms with Crippen molar-refractivity contribution >= 4 is 29.3 Å². The van der Waals surface area contributed by atoms with Crippen LogP contribution in [0.2, 0.25) is 0 Å². The highest BCUT2D eigenvalue weighted by atomic mass is 16.5. The van der Waals surface area contributed by atoms with E-state index in [2.05, 4.69) is 10.6 Å². The topological polar surface area (TPSA) is 119 Å². The molecule has 3 aromatic rings. The summed E-state index contributed by atoms with van der Waals surface area (Å²) in [5.41, 5.74) is 1.52. The summed E-state index contributed by atoms with van der Waals surface area (Å²) in [5.74, 6) is 1.00. The van der Waals surface area contributed by atoms with Crippen molar-refractivity contribution in [1.29, 1.82) is 5.26 Å². The SMILES string of the molecule is CCOc1ccc(NC(=O)/C(C#N)=C/c2ccc(OCC(=O)Nc3ccccc3OC)c(OCC)c2)cc1. The minimum atomic E-state index is -0.553. The number of carbonyl (C=O) groups excluding carboxylic acids is 2. The van der Waals surface area contributed by atoms with Crippen molar-refractivity contribution < 1.29 is 28.5 Å². The lowest BCUT2D eigenvalue weighted by Crippen LogP contribution is -2.20. The Hall–Kier alpha value is -4.97. The number of nitriles is 1. The molecule has 0 bridgehead atoms. The molecular weight excluding hydrogens is 486 g/mol. The van der Waals surface area contributed by atoms with E-state index >= 15 is 0 Å². The molecule has 3 aromatic carbocycles. The van der Waals surface area contributed by atoms with Crippen LogP contribution in [0.1, 0.15) is 19.4 Å². The van der Waals surface area contributed by atoms with Gasteiger partial charge in [-0.15, -0.1) is 0 Å². The number of methoxy groups -OCH3 is 1. The minimum Gasteiger partial charge on any atom is -0.495 e.